The Labute approximate surface area is 379 Å². The highest BCUT2D eigenvalue weighted by Crippen LogP contribution is 2.49. The number of anilines is 6. The van der Waals surface area contributed by atoms with Crippen LogP contribution in [-0.4, -0.2) is 0 Å². The van der Waals surface area contributed by atoms with Gasteiger partial charge in [-0.1, -0.05) is 83.9 Å². The van der Waals surface area contributed by atoms with Crippen molar-refractivity contribution in [3.05, 3.63) is 214 Å². The van der Waals surface area contributed by atoms with E-state index in [1.165, 1.54) is 12.1 Å². The van der Waals surface area contributed by atoms with Crippen molar-refractivity contribution in [1.82, 2.24) is 0 Å². The average Bonchev–Trinajstić information content (AvgIpc) is 3.31. The maximum absolute atomic E-state index is 16.6. The molecule has 8 heteroatoms. The Morgan fingerprint density at radius 1 is 0.364 bits per heavy atom. The largest absolute Gasteiger partial charge is 0.307 e. The maximum atomic E-state index is 16.6. The standard InChI is InChI=1S/C58H38F4N4/c1-33-5-19-43(35(3)25-33)47-27-55(51(61)29-49(47)59)65(41-15-7-37(31-63)8-16-41)53-23-13-39-12-22-46-54(24-14-40-11-21-45(53)57(39)58(40)46)66(42-17-9-38(32-64)10-18-42)56-28-48(50(60)30-52(56)62)44-20-6-34(2)26-36(44)4/h5-30H,1-4H3. The summed E-state index contributed by atoms with van der Waals surface area (Å²) in [5.74, 6) is -2.95. The van der Waals surface area contributed by atoms with Crippen molar-refractivity contribution in [2.45, 2.75) is 27.7 Å². The SMILES string of the molecule is Cc1ccc(-c2cc(N(c3ccc(C#N)cc3)c3ccc4ccc5c(N(c6ccc(C#N)cc6)c6cc(-c7ccc(C)cc7C)c(F)cc6F)ccc6ccc3c4c65)c(F)cc2F)c(C)c1. The van der Waals surface area contributed by atoms with E-state index in [2.05, 4.69) is 12.1 Å². The normalized spacial score (nSPS) is 11.3. The lowest BCUT2D eigenvalue weighted by atomic mass is 9.91. The Morgan fingerprint density at radius 2 is 0.742 bits per heavy atom. The number of nitriles is 2. The Balaban J connectivity index is 1.23. The molecule has 0 aromatic heterocycles. The molecule has 10 rings (SSSR count). The van der Waals surface area contributed by atoms with Crippen LogP contribution in [0.3, 0.4) is 0 Å². The molecule has 0 aliphatic heterocycles. The molecular formula is C58H38F4N4. The van der Waals surface area contributed by atoms with Crippen LogP contribution in [0.1, 0.15) is 33.4 Å². The molecule has 10 aromatic rings. The Kier molecular flexibility index (Phi) is 10.2. The van der Waals surface area contributed by atoms with Gasteiger partial charge in [0.15, 0.2) is 0 Å². The zero-order chi connectivity index (χ0) is 46.0. The van der Waals surface area contributed by atoms with Gasteiger partial charge in [0.05, 0.1) is 46.0 Å². The van der Waals surface area contributed by atoms with Gasteiger partial charge in [-0.25, -0.2) is 17.6 Å². The van der Waals surface area contributed by atoms with E-state index in [-0.39, 0.29) is 22.5 Å². The first-order valence-corrected chi connectivity index (χ1v) is 21.4. The zero-order valence-corrected chi connectivity index (χ0v) is 36.3. The zero-order valence-electron chi connectivity index (χ0n) is 36.3. The number of aryl methyl sites for hydroxylation is 4. The highest BCUT2D eigenvalue weighted by atomic mass is 19.1. The molecule has 0 unspecified atom stereocenters. The van der Waals surface area contributed by atoms with E-state index < -0.39 is 23.3 Å². The second kappa shape index (κ2) is 16.3. The fraction of sp³-hybridized carbons (Fsp3) is 0.0690. The first-order valence-electron chi connectivity index (χ1n) is 21.4. The predicted octanol–water partition coefficient (Wildman–Crippen LogP) is 16.4. The van der Waals surface area contributed by atoms with Gasteiger partial charge in [0, 0.05) is 45.4 Å². The van der Waals surface area contributed by atoms with Crippen molar-refractivity contribution in [2.24, 2.45) is 0 Å². The van der Waals surface area contributed by atoms with E-state index in [9.17, 15) is 10.5 Å². The molecule has 318 valence electrons. The van der Waals surface area contributed by atoms with Gasteiger partial charge in [-0.15, -0.1) is 0 Å². The van der Waals surface area contributed by atoms with Crippen molar-refractivity contribution in [1.29, 1.82) is 10.5 Å². The molecule has 0 amide bonds. The molecular weight excluding hydrogens is 829 g/mol. The number of rotatable bonds is 8. The number of hydrogen-bond donors (Lipinski definition) is 0. The van der Waals surface area contributed by atoms with Gasteiger partial charge in [-0.05, 0) is 144 Å². The minimum absolute atomic E-state index is 0.102. The van der Waals surface area contributed by atoms with E-state index >= 15 is 17.6 Å². The van der Waals surface area contributed by atoms with Crippen LogP contribution in [-0.2, 0) is 0 Å². The quantitative estimate of drug-likeness (QED) is 0.113. The fourth-order valence-corrected chi connectivity index (χ4v) is 9.41. The third-order valence-electron chi connectivity index (χ3n) is 12.5. The predicted molar refractivity (Wildman–Crippen MR) is 259 cm³/mol. The summed E-state index contributed by atoms with van der Waals surface area (Å²) in [6, 6.07) is 49.9. The number of benzene rings is 10. The van der Waals surface area contributed by atoms with Gasteiger partial charge in [0.25, 0.3) is 0 Å². The second-order valence-corrected chi connectivity index (χ2v) is 16.8. The van der Waals surface area contributed by atoms with Gasteiger partial charge in [-0.2, -0.15) is 10.5 Å². The van der Waals surface area contributed by atoms with Gasteiger partial charge < -0.3 is 9.80 Å². The lowest BCUT2D eigenvalue weighted by Gasteiger charge is -2.30. The maximum Gasteiger partial charge on any atom is 0.150 e. The van der Waals surface area contributed by atoms with Crippen LogP contribution in [0.15, 0.2) is 158 Å². The van der Waals surface area contributed by atoms with Crippen LogP contribution in [0.25, 0.3) is 54.6 Å². The number of nitrogens with zero attached hydrogens (tertiary/aromatic N) is 4. The van der Waals surface area contributed by atoms with Crippen molar-refractivity contribution < 1.29 is 17.6 Å². The van der Waals surface area contributed by atoms with Crippen LogP contribution in [0.2, 0.25) is 0 Å². The van der Waals surface area contributed by atoms with Crippen molar-refractivity contribution in [3.8, 4) is 34.4 Å². The summed E-state index contributed by atoms with van der Waals surface area (Å²) in [5.41, 5.74) is 8.76. The lowest BCUT2D eigenvalue weighted by Crippen LogP contribution is -2.14. The monoisotopic (exact) mass is 866 g/mol. The first kappa shape index (κ1) is 41.5. The van der Waals surface area contributed by atoms with Crippen molar-refractivity contribution in [2.75, 3.05) is 9.80 Å². The van der Waals surface area contributed by atoms with E-state index in [0.29, 0.717) is 45.0 Å². The third-order valence-corrected chi connectivity index (χ3v) is 12.5. The smallest absolute Gasteiger partial charge is 0.150 e. The molecule has 0 radical (unpaired) electrons. The van der Waals surface area contributed by atoms with Crippen molar-refractivity contribution >= 4 is 66.4 Å². The molecule has 0 fully saturated rings. The summed E-state index contributed by atoms with van der Waals surface area (Å²) in [6.07, 6.45) is 0. The molecule has 4 nitrogen and oxygen atoms in total. The summed E-state index contributed by atoms with van der Waals surface area (Å²) < 4.78 is 65.0. The molecule has 0 aliphatic rings. The summed E-state index contributed by atoms with van der Waals surface area (Å²) >= 11 is 0. The Bertz CT molecular complexity index is 3420. The van der Waals surface area contributed by atoms with Crippen LogP contribution >= 0.6 is 0 Å². The van der Waals surface area contributed by atoms with E-state index in [1.54, 1.807) is 58.3 Å². The molecule has 0 heterocycles. The topological polar surface area (TPSA) is 54.1 Å². The van der Waals surface area contributed by atoms with Crippen molar-refractivity contribution in [3.63, 3.8) is 0 Å². The minimum Gasteiger partial charge on any atom is -0.307 e. The highest BCUT2D eigenvalue weighted by Gasteiger charge is 2.27. The van der Waals surface area contributed by atoms with Gasteiger partial charge in [-0.3, -0.25) is 0 Å². The molecule has 0 atom stereocenters. The van der Waals surface area contributed by atoms with E-state index in [1.807, 2.05) is 113 Å². The molecule has 0 aliphatic carbocycles. The average molecular weight is 867 g/mol. The van der Waals surface area contributed by atoms with E-state index in [4.69, 9.17) is 0 Å². The molecule has 0 spiro atoms. The lowest BCUT2D eigenvalue weighted by molar-refractivity contribution is 0.585. The van der Waals surface area contributed by atoms with Crippen LogP contribution in [0, 0.1) is 73.6 Å². The first-order chi connectivity index (χ1) is 31.9. The molecule has 0 N–H and O–H groups in total. The molecule has 0 bridgehead atoms. The third kappa shape index (κ3) is 7.01. The summed E-state index contributed by atoms with van der Waals surface area (Å²) in [5, 5.41) is 24.4. The molecule has 10 aromatic carbocycles. The molecule has 0 saturated heterocycles. The highest BCUT2D eigenvalue weighted by molar-refractivity contribution is 6.28. The number of hydrogen-bond acceptors (Lipinski definition) is 4. The molecule has 66 heavy (non-hydrogen) atoms. The van der Waals surface area contributed by atoms with Gasteiger partial charge in [0.2, 0.25) is 0 Å². The summed E-state index contributed by atoms with van der Waals surface area (Å²) in [4.78, 5) is 3.50. The summed E-state index contributed by atoms with van der Waals surface area (Å²) in [6.45, 7) is 7.72. The molecule has 0 saturated carbocycles. The fourth-order valence-electron chi connectivity index (χ4n) is 9.41. The Hall–Kier alpha value is -8.46. The number of halogens is 4. The van der Waals surface area contributed by atoms with Gasteiger partial charge in [0.1, 0.15) is 23.3 Å². The van der Waals surface area contributed by atoms with Gasteiger partial charge >= 0.3 is 0 Å². The second-order valence-electron chi connectivity index (χ2n) is 16.8. The Morgan fingerprint density at radius 3 is 1.11 bits per heavy atom. The minimum atomic E-state index is -0.780. The van der Waals surface area contributed by atoms with Crippen LogP contribution < -0.4 is 9.80 Å². The van der Waals surface area contributed by atoms with Crippen LogP contribution in [0.4, 0.5) is 51.7 Å². The summed E-state index contributed by atoms with van der Waals surface area (Å²) in [7, 11) is 0. The van der Waals surface area contributed by atoms with E-state index in [0.717, 1.165) is 66.7 Å². The van der Waals surface area contributed by atoms with Crippen LogP contribution in [0.5, 0.6) is 0 Å².